The SMILES string of the molecule is COc1ccc2oc(C(C)NC(=O)NCc3noc(C)n3)c(C)c2c1. The number of nitrogens with zero attached hydrogens (tertiary/aromatic N) is 2. The quantitative estimate of drug-likeness (QED) is 0.737. The summed E-state index contributed by atoms with van der Waals surface area (Å²) in [6.07, 6.45) is 0. The van der Waals surface area contributed by atoms with Crippen LogP contribution in [0.25, 0.3) is 11.0 Å². The average molecular weight is 344 g/mol. The number of rotatable bonds is 5. The number of furan rings is 1. The minimum atomic E-state index is -0.340. The molecule has 0 aliphatic carbocycles. The van der Waals surface area contributed by atoms with Crippen molar-refractivity contribution in [3.63, 3.8) is 0 Å². The van der Waals surface area contributed by atoms with Crippen LogP contribution >= 0.6 is 0 Å². The van der Waals surface area contributed by atoms with Crippen molar-refractivity contribution < 1.29 is 18.5 Å². The van der Waals surface area contributed by atoms with Crippen molar-refractivity contribution in [1.29, 1.82) is 0 Å². The van der Waals surface area contributed by atoms with Crippen molar-refractivity contribution in [3.8, 4) is 5.75 Å². The van der Waals surface area contributed by atoms with E-state index in [4.69, 9.17) is 13.7 Å². The van der Waals surface area contributed by atoms with Gasteiger partial charge in [-0.05, 0) is 32.0 Å². The largest absolute Gasteiger partial charge is 0.497 e. The summed E-state index contributed by atoms with van der Waals surface area (Å²) < 4.78 is 16.0. The summed E-state index contributed by atoms with van der Waals surface area (Å²) >= 11 is 0. The van der Waals surface area contributed by atoms with Gasteiger partial charge in [-0.2, -0.15) is 4.98 Å². The van der Waals surface area contributed by atoms with E-state index in [-0.39, 0.29) is 18.6 Å². The minimum Gasteiger partial charge on any atom is -0.497 e. The first kappa shape index (κ1) is 16.8. The lowest BCUT2D eigenvalue weighted by Crippen LogP contribution is -2.36. The topological polar surface area (TPSA) is 102 Å². The molecule has 8 nitrogen and oxygen atoms in total. The zero-order valence-electron chi connectivity index (χ0n) is 14.5. The summed E-state index contributed by atoms with van der Waals surface area (Å²) in [5.74, 6) is 2.34. The van der Waals surface area contributed by atoms with Crippen molar-refractivity contribution in [2.24, 2.45) is 0 Å². The van der Waals surface area contributed by atoms with Crippen molar-refractivity contribution >= 4 is 17.0 Å². The molecule has 2 amide bonds. The Morgan fingerprint density at radius 2 is 2.16 bits per heavy atom. The van der Waals surface area contributed by atoms with Crippen LogP contribution in [-0.4, -0.2) is 23.3 Å². The van der Waals surface area contributed by atoms with Crippen LogP contribution in [-0.2, 0) is 6.54 Å². The summed E-state index contributed by atoms with van der Waals surface area (Å²) in [5.41, 5.74) is 1.72. The highest BCUT2D eigenvalue weighted by atomic mass is 16.5. The van der Waals surface area contributed by atoms with E-state index < -0.39 is 0 Å². The summed E-state index contributed by atoms with van der Waals surface area (Å²) in [5, 5.41) is 10.2. The number of methoxy groups -OCH3 is 1. The van der Waals surface area contributed by atoms with Crippen molar-refractivity contribution in [2.75, 3.05) is 7.11 Å². The Bertz CT molecular complexity index is 899. The molecule has 0 radical (unpaired) electrons. The fraction of sp³-hybridized carbons (Fsp3) is 0.353. The summed E-state index contributed by atoms with van der Waals surface area (Å²) in [4.78, 5) is 16.1. The molecule has 0 fully saturated rings. The molecule has 0 aliphatic heterocycles. The predicted octanol–water partition coefficient (Wildman–Crippen LogP) is 3.00. The molecule has 1 atom stereocenters. The number of amides is 2. The van der Waals surface area contributed by atoms with E-state index in [1.165, 1.54) is 0 Å². The van der Waals surface area contributed by atoms with Crippen molar-refractivity contribution in [1.82, 2.24) is 20.8 Å². The Labute approximate surface area is 144 Å². The Hall–Kier alpha value is -3.03. The molecule has 0 saturated carbocycles. The molecule has 0 aliphatic rings. The van der Waals surface area contributed by atoms with Gasteiger partial charge in [0.1, 0.15) is 17.1 Å². The number of carbonyl (C=O) groups is 1. The van der Waals surface area contributed by atoms with Gasteiger partial charge in [0.2, 0.25) is 5.89 Å². The average Bonchev–Trinajstić information content (AvgIpc) is 3.16. The molecule has 0 bridgehead atoms. The number of ether oxygens (including phenoxy) is 1. The molecular weight excluding hydrogens is 324 g/mol. The van der Waals surface area contributed by atoms with Crippen molar-refractivity contribution in [2.45, 2.75) is 33.4 Å². The molecule has 3 rings (SSSR count). The van der Waals surface area contributed by atoms with E-state index >= 15 is 0 Å². The fourth-order valence-electron chi connectivity index (χ4n) is 2.64. The minimum absolute atomic E-state index is 0.187. The van der Waals surface area contributed by atoms with Gasteiger partial charge in [-0.15, -0.1) is 0 Å². The van der Waals surface area contributed by atoms with Crippen LogP contribution in [0.15, 0.2) is 27.1 Å². The van der Waals surface area contributed by atoms with Crippen LogP contribution in [0.2, 0.25) is 0 Å². The number of hydrogen-bond acceptors (Lipinski definition) is 6. The van der Waals surface area contributed by atoms with Gasteiger partial charge >= 0.3 is 6.03 Å². The maximum absolute atomic E-state index is 12.1. The van der Waals surface area contributed by atoms with E-state index in [2.05, 4.69) is 20.8 Å². The first-order valence-corrected chi connectivity index (χ1v) is 7.88. The standard InChI is InChI=1S/C17H20N4O4/c1-9-13-7-12(23-4)5-6-14(13)24-16(9)10(2)19-17(22)18-8-15-20-11(3)25-21-15/h5-7,10H,8H2,1-4H3,(H2,18,19,22). The van der Waals surface area contributed by atoms with Gasteiger partial charge in [0, 0.05) is 17.9 Å². The lowest BCUT2D eigenvalue weighted by Gasteiger charge is -2.12. The molecule has 132 valence electrons. The normalized spacial score (nSPS) is 12.2. The zero-order chi connectivity index (χ0) is 18.0. The van der Waals surface area contributed by atoms with Crippen LogP contribution < -0.4 is 15.4 Å². The number of aryl methyl sites for hydroxylation is 2. The van der Waals surface area contributed by atoms with Gasteiger partial charge < -0.3 is 24.3 Å². The summed E-state index contributed by atoms with van der Waals surface area (Å²) in [6.45, 7) is 5.70. The number of nitrogens with one attached hydrogen (secondary N) is 2. The third-order valence-electron chi connectivity index (χ3n) is 3.90. The molecule has 0 spiro atoms. The van der Waals surface area contributed by atoms with E-state index in [0.717, 1.165) is 22.3 Å². The molecular formula is C17H20N4O4. The van der Waals surface area contributed by atoms with Crippen LogP contribution in [0.4, 0.5) is 4.79 Å². The Morgan fingerprint density at radius 1 is 1.36 bits per heavy atom. The maximum Gasteiger partial charge on any atom is 0.315 e. The molecule has 8 heteroatoms. The molecule has 2 aromatic heterocycles. The van der Waals surface area contributed by atoms with Gasteiger partial charge in [0.25, 0.3) is 0 Å². The monoisotopic (exact) mass is 344 g/mol. The van der Waals surface area contributed by atoms with Crippen LogP contribution in [0.5, 0.6) is 5.75 Å². The second-order valence-corrected chi connectivity index (χ2v) is 5.73. The first-order valence-electron chi connectivity index (χ1n) is 7.88. The van der Waals surface area contributed by atoms with Gasteiger partial charge in [-0.25, -0.2) is 4.79 Å². The van der Waals surface area contributed by atoms with Crippen LogP contribution in [0.3, 0.4) is 0 Å². The lowest BCUT2D eigenvalue weighted by molar-refractivity contribution is 0.235. The Kier molecular flexibility index (Phi) is 4.60. The highest BCUT2D eigenvalue weighted by Gasteiger charge is 2.19. The number of urea groups is 1. The molecule has 2 N–H and O–H groups in total. The number of fused-ring (bicyclic) bond motifs is 1. The molecule has 25 heavy (non-hydrogen) atoms. The first-order chi connectivity index (χ1) is 12.0. The maximum atomic E-state index is 12.1. The lowest BCUT2D eigenvalue weighted by atomic mass is 10.1. The van der Waals surface area contributed by atoms with E-state index in [1.807, 2.05) is 32.0 Å². The van der Waals surface area contributed by atoms with Gasteiger partial charge in [-0.3, -0.25) is 0 Å². The molecule has 1 unspecified atom stereocenters. The van der Waals surface area contributed by atoms with E-state index in [9.17, 15) is 4.79 Å². The zero-order valence-corrected chi connectivity index (χ0v) is 14.5. The second-order valence-electron chi connectivity index (χ2n) is 5.73. The van der Waals surface area contributed by atoms with E-state index in [0.29, 0.717) is 17.5 Å². The third-order valence-corrected chi connectivity index (χ3v) is 3.90. The fourth-order valence-corrected chi connectivity index (χ4v) is 2.64. The number of benzene rings is 1. The summed E-state index contributed by atoms with van der Waals surface area (Å²) in [6, 6.07) is 4.98. The van der Waals surface area contributed by atoms with E-state index in [1.54, 1.807) is 14.0 Å². The highest BCUT2D eigenvalue weighted by molar-refractivity contribution is 5.84. The Balaban J connectivity index is 1.68. The van der Waals surface area contributed by atoms with Crippen LogP contribution in [0, 0.1) is 13.8 Å². The second kappa shape index (κ2) is 6.84. The molecule has 3 aromatic rings. The molecule has 0 saturated heterocycles. The number of hydrogen-bond donors (Lipinski definition) is 2. The van der Waals surface area contributed by atoms with Gasteiger partial charge in [0.05, 0.1) is 19.7 Å². The smallest absolute Gasteiger partial charge is 0.315 e. The third kappa shape index (κ3) is 3.57. The predicted molar refractivity (Wildman–Crippen MR) is 90.3 cm³/mol. The molecule has 1 aromatic carbocycles. The van der Waals surface area contributed by atoms with Crippen molar-refractivity contribution in [3.05, 3.63) is 41.2 Å². The Morgan fingerprint density at radius 3 is 2.84 bits per heavy atom. The number of carbonyl (C=O) groups excluding carboxylic acids is 1. The highest BCUT2D eigenvalue weighted by Crippen LogP contribution is 2.31. The van der Waals surface area contributed by atoms with Crippen LogP contribution in [0.1, 0.15) is 36.0 Å². The molecule has 2 heterocycles. The van der Waals surface area contributed by atoms with Gasteiger partial charge in [-0.1, -0.05) is 5.16 Å². The number of aromatic nitrogens is 2. The van der Waals surface area contributed by atoms with Gasteiger partial charge in [0.15, 0.2) is 5.82 Å². The summed E-state index contributed by atoms with van der Waals surface area (Å²) in [7, 11) is 1.62.